The fraction of sp³-hybridized carbons (Fsp3) is 0.0833. The van der Waals surface area contributed by atoms with E-state index in [4.69, 9.17) is 11.1 Å². The van der Waals surface area contributed by atoms with Gasteiger partial charge in [0.15, 0.2) is 0 Å². The lowest BCUT2D eigenvalue weighted by Gasteiger charge is -2.09. The van der Waals surface area contributed by atoms with Crippen molar-refractivity contribution >= 4 is 17.0 Å². The predicted molar refractivity (Wildman–Crippen MR) is 59.7 cm³/mol. The van der Waals surface area contributed by atoms with E-state index in [1.165, 1.54) is 11.6 Å². The molecule has 2 heteroatoms. The molecule has 0 amide bonds. The Kier molecular flexibility index (Phi) is 2.29. The average molecular weight is 184 g/mol. The van der Waals surface area contributed by atoms with Crippen LogP contribution in [0.5, 0.6) is 0 Å². The summed E-state index contributed by atoms with van der Waals surface area (Å²) in [5.41, 5.74) is 6.83. The molecule has 0 bridgehead atoms. The highest BCUT2D eigenvalue weighted by Gasteiger charge is 2.05. The van der Waals surface area contributed by atoms with Crippen molar-refractivity contribution in [2.24, 2.45) is 5.73 Å². The van der Waals surface area contributed by atoms with Crippen LogP contribution in [0.25, 0.3) is 10.8 Å². The maximum Gasteiger partial charge on any atom is 0.0654 e. The number of hydrogen-bond donors (Lipinski definition) is 2. The van der Waals surface area contributed by atoms with Gasteiger partial charge in [0.1, 0.15) is 0 Å². The molecule has 2 aromatic rings. The lowest BCUT2D eigenvalue weighted by Crippen LogP contribution is -2.11. The smallest absolute Gasteiger partial charge is 0.0654 e. The van der Waals surface area contributed by atoms with E-state index in [-0.39, 0.29) is 6.04 Å². The molecule has 0 aliphatic heterocycles. The number of nitrogens with one attached hydrogen (secondary N) is 1. The van der Waals surface area contributed by atoms with Crippen molar-refractivity contribution in [3.8, 4) is 0 Å². The van der Waals surface area contributed by atoms with Crippen molar-refractivity contribution in [1.29, 1.82) is 5.41 Å². The second-order valence-corrected chi connectivity index (χ2v) is 3.26. The maximum atomic E-state index is 7.17. The summed E-state index contributed by atoms with van der Waals surface area (Å²) < 4.78 is 0. The van der Waals surface area contributed by atoms with Crippen LogP contribution in [0, 0.1) is 5.41 Å². The van der Waals surface area contributed by atoms with Gasteiger partial charge in [0.2, 0.25) is 0 Å². The van der Waals surface area contributed by atoms with Gasteiger partial charge < -0.3 is 11.1 Å². The van der Waals surface area contributed by atoms with E-state index in [1.54, 1.807) is 0 Å². The van der Waals surface area contributed by atoms with Crippen molar-refractivity contribution in [1.82, 2.24) is 0 Å². The zero-order valence-electron chi connectivity index (χ0n) is 7.77. The highest BCUT2D eigenvalue weighted by atomic mass is 14.6. The molecule has 0 saturated heterocycles. The molecule has 2 nitrogen and oxygen atoms in total. The zero-order valence-corrected chi connectivity index (χ0v) is 7.77. The monoisotopic (exact) mass is 184 g/mol. The summed E-state index contributed by atoms with van der Waals surface area (Å²) in [6.07, 6.45) is 1.27. The lowest BCUT2D eigenvalue weighted by atomic mass is 10.00. The summed E-state index contributed by atoms with van der Waals surface area (Å²) in [6, 6.07) is 13.8. The van der Waals surface area contributed by atoms with Gasteiger partial charge in [-0.05, 0) is 16.3 Å². The molecule has 0 aliphatic rings. The molecule has 2 rings (SSSR count). The fourth-order valence-electron chi connectivity index (χ4n) is 1.63. The molecule has 0 radical (unpaired) electrons. The number of rotatable bonds is 2. The Hall–Kier alpha value is -1.67. The predicted octanol–water partition coefficient (Wildman–Crippen LogP) is 2.49. The molecule has 0 fully saturated rings. The molecule has 1 atom stereocenters. The Balaban J connectivity index is 2.70. The van der Waals surface area contributed by atoms with Crippen LogP contribution in [0.2, 0.25) is 0 Å². The molecule has 0 aromatic heterocycles. The number of fused-ring (bicyclic) bond motifs is 1. The van der Waals surface area contributed by atoms with Crippen LogP contribution in [0.15, 0.2) is 42.5 Å². The zero-order chi connectivity index (χ0) is 9.97. The molecule has 1 unspecified atom stereocenters. The molecular weight excluding hydrogens is 172 g/mol. The van der Waals surface area contributed by atoms with Crippen molar-refractivity contribution in [3.63, 3.8) is 0 Å². The largest absolute Gasteiger partial charge is 0.320 e. The van der Waals surface area contributed by atoms with Gasteiger partial charge in [-0.15, -0.1) is 0 Å². The molecule has 70 valence electrons. The van der Waals surface area contributed by atoms with Gasteiger partial charge >= 0.3 is 0 Å². The van der Waals surface area contributed by atoms with E-state index in [0.717, 1.165) is 10.9 Å². The van der Waals surface area contributed by atoms with Crippen molar-refractivity contribution in [2.75, 3.05) is 0 Å². The van der Waals surface area contributed by atoms with Gasteiger partial charge in [0.05, 0.1) is 6.04 Å². The molecule has 3 N–H and O–H groups in total. The molecule has 0 saturated carbocycles. The third-order valence-electron chi connectivity index (χ3n) is 2.36. The highest BCUT2D eigenvalue weighted by Crippen LogP contribution is 2.21. The van der Waals surface area contributed by atoms with Gasteiger partial charge in [-0.25, -0.2) is 0 Å². The van der Waals surface area contributed by atoms with E-state index < -0.39 is 0 Å². The summed E-state index contributed by atoms with van der Waals surface area (Å²) in [7, 11) is 0. The molecule has 0 heterocycles. The van der Waals surface area contributed by atoms with Crippen molar-refractivity contribution in [2.45, 2.75) is 6.04 Å². The van der Waals surface area contributed by atoms with Gasteiger partial charge in [-0.3, -0.25) is 0 Å². The Morgan fingerprint density at radius 1 is 1.07 bits per heavy atom. The van der Waals surface area contributed by atoms with E-state index in [0.29, 0.717) is 0 Å². The second kappa shape index (κ2) is 3.60. The fourth-order valence-corrected chi connectivity index (χ4v) is 1.63. The van der Waals surface area contributed by atoms with E-state index >= 15 is 0 Å². The standard InChI is InChI=1S/C12H12N2/c13-8-12(14)11-7-3-5-9-4-1-2-6-10(9)11/h1-8,12-13H,14H2. The normalized spacial score (nSPS) is 12.6. The van der Waals surface area contributed by atoms with Crippen LogP contribution in [0.4, 0.5) is 0 Å². The van der Waals surface area contributed by atoms with E-state index in [1.807, 2.05) is 30.3 Å². The Morgan fingerprint density at radius 3 is 2.57 bits per heavy atom. The van der Waals surface area contributed by atoms with Crippen molar-refractivity contribution < 1.29 is 0 Å². The van der Waals surface area contributed by atoms with Crippen LogP contribution in [-0.2, 0) is 0 Å². The summed E-state index contributed by atoms with van der Waals surface area (Å²) in [4.78, 5) is 0. The minimum Gasteiger partial charge on any atom is -0.320 e. The lowest BCUT2D eigenvalue weighted by molar-refractivity contribution is 0.988. The van der Waals surface area contributed by atoms with Crippen LogP contribution in [0.1, 0.15) is 11.6 Å². The van der Waals surface area contributed by atoms with E-state index in [2.05, 4.69) is 12.1 Å². The van der Waals surface area contributed by atoms with Crippen LogP contribution in [0.3, 0.4) is 0 Å². The SMILES string of the molecule is N=CC(N)c1cccc2ccccc12. The third-order valence-corrected chi connectivity index (χ3v) is 2.36. The first kappa shape index (κ1) is 8.91. The van der Waals surface area contributed by atoms with Crippen LogP contribution < -0.4 is 5.73 Å². The Bertz CT molecular complexity index is 457. The summed E-state index contributed by atoms with van der Waals surface area (Å²) in [5, 5.41) is 9.47. The van der Waals surface area contributed by atoms with Crippen LogP contribution in [-0.4, -0.2) is 6.21 Å². The first-order chi connectivity index (χ1) is 6.83. The quantitative estimate of drug-likeness (QED) is 0.692. The van der Waals surface area contributed by atoms with Gasteiger partial charge in [0.25, 0.3) is 0 Å². The van der Waals surface area contributed by atoms with Crippen molar-refractivity contribution in [3.05, 3.63) is 48.0 Å². The molecule has 0 spiro atoms. The second-order valence-electron chi connectivity index (χ2n) is 3.26. The summed E-state index contributed by atoms with van der Waals surface area (Å²) in [6.45, 7) is 0. The number of benzene rings is 2. The first-order valence-electron chi connectivity index (χ1n) is 4.57. The minimum absolute atomic E-state index is 0.305. The average Bonchev–Trinajstić information content (AvgIpc) is 2.27. The number of nitrogens with two attached hydrogens (primary N) is 1. The summed E-state index contributed by atoms with van der Waals surface area (Å²) >= 11 is 0. The minimum atomic E-state index is -0.305. The first-order valence-corrected chi connectivity index (χ1v) is 4.57. The Morgan fingerprint density at radius 2 is 1.79 bits per heavy atom. The van der Waals surface area contributed by atoms with E-state index in [9.17, 15) is 0 Å². The van der Waals surface area contributed by atoms with Gasteiger partial charge in [0, 0.05) is 6.21 Å². The molecule has 14 heavy (non-hydrogen) atoms. The third kappa shape index (κ3) is 1.40. The summed E-state index contributed by atoms with van der Waals surface area (Å²) in [5.74, 6) is 0. The topological polar surface area (TPSA) is 49.9 Å². The molecule has 0 aliphatic carbocycles. The van der Waals surface area contributed by atoms with Crippen LogP contribution >= 0.6 is 0 Å². The number of hydrogen-bond acceptors (Lipinski definition) is 2. The van der Waals surface area contributed by atoms with Gasteiger partial charge in [-0.2, -0.15) is 0 Å². The molecular formula is C12H12N2. The van der Waals surface area contributed by atoms with Gasteiger partial charge in [-0.1, -0.05) is 42.5 Å². The maximum absolute atomic E-state index is 7.17. The highest BCUT2D eigenvalue weighted by molar-refractivity contribution is 5.88. The molecule has 2 aromatic carbocycles. The Labute approximate surface area is 82.9 Å².